The van der Waals surface area contributed by atoms with Gasteiger partial charge >= 0.3 is 0 Å². The van der Waals surface area contributed by atoms with Gasteiger partial charge in [0.25, 0.3) is 5.91 Å². The van der Waals surface area contributed by atoms with Crippen molar-refractivity contribution in [2.45, 2.75) is 4.90 Å². The van der Waals surface area contributed by atoms with Gasteiger partial charge in [0, 0.05) is 30.4 Å². The van der Waals surface area contributed by atoms with Gasteiger partial charge in [-0.05, 0) is 30.3 Å². The first-order valence-corrected chi connectivity index (χ1v) is 10.6. The molecule has 2 aromatic rings. The predicted octanol–water partition coefficient (Wildman–Crippen LogP) is 2.63. The van der Waals surface area contributed by atoms with Gasteiger partial charge < -0.3 is 19.5 Å². The number of nitrogens with one attached hydrogen (secondary N) is 1. The van der Waals surface area contributed by atoms with Crippen LogP contribution in [-0.2, 0) is 14.8 Å². The molecule has 0 spiro atoms. The molecular weight excluding hydrogens is 420 g/mol. The molecule has 0 atom stereocenters. The second-order valence-corrected chi connectivity index (χ2v) is 8.50. The Hall–Kier alpha value is -2.33. The number of nitrogens with zero attached hydrogens (tertiary/aromatic N) is 1. The van der Waals surface area contributed by atoms with E-state index in [2.05, 4.69) is 5.32 Å². The summed E-state index contributed by atoms with van der Waals surface area (Å²) in [6, 6.07) is 9.07. The maximum Gasteiger partial charge on any atom is 0.255 e. The summed E-state index contributed by atoms with van der Waals surface area (Å²) in [5, 5.41) is 2.77. The van der Waals surface area contributed by atoms with Crippen LogP contribution in [0.3, 0.4) is 0 Å². The fraction of sp³-hybridized carbons (Fsp3) is 0.316. The lowest BCUT2D eigenvalue weighted by Gasteiger charge is -2.26. The zero-order valence-corrected chi connectivity index (χ0v) is 17.5. The summed E-state index contributed by atoms with van der Waals surface area (Å²) in [5.74, 6) is 0.500. The standard InChI is InChI=1S/C19H21ClN2O6S/c1-26-16-6-4-14(12-17(16)27-2)21-19(23)13-3-5-15(20)18(11-13)29(24,25)22-7-9-28-10-8-22/h3-6,11-12H,7-10H2,1-2H3,(H,21,23). The van der Waals surface area contributed by atoms with Crippen molar-refractivity contribution >= 4 is 33.2 Å². The predicted molar refractivity (Wildman–Crippen MR) is 109 cm³/mol. The van der Waals surface area contributed by atoms with Crippen LogP contribution in [0.25, 0.3) is 0 Å². The monoisotopic (exact) mass is 440 g/mol. The number of rotatable bonds is 6. The van der Waals surface area contributed by atoms with Gasteiger partial charge in [-0.1, -0.05) is 11.6 Å². The van der Waals surface area contributed by atoms with Gasteiger partial charge in [0.15, 0.2) is 11.5 Å². The third-order valence-corrected chi connectivity index (χ3v) is 6.80. The summed E-state index contributed by atoms with van der Waals surface area (Å²) < 4.78 is 42.7. The highest BCUT2D eigenvalue weighted by atomic mass is 35.5. The van der Waals surface area contributed by atoms with Crippen molar-refractivity contribution in [3.05, 3.63) is 47.0 Å². The van der Waals surface area contributed by atoms with Gasteiger partial charge in [0.1, 0.15) is 4.90 Å². The number of morpholine rings is 1. The van der Waals surface area contributed by atoms with Crippen molar-refractivity contribution in [2.75, 3.05) is 45.8 Å². The molecule has 3 rings (SSSR count). The van der Waals surface area contributed by atoms with E-state index in [1.54, 1.807) is 18.2 Å². The summed E-state index contributed by atoms with van der Waals surface area (Å²) in [5.41, 5.74) is 0.635. The van der Waals surface area contributed by atoms with Crippen LogP contribution in [0.5, 0.6) is 11.5 Å². The fourth-order valence-corrected chi connectivity index (χ4v) is 4.79. The number of amides is 1. The lowest BCUT2D eigenvalue weighted by atomic mass is 10.2. The number of hydrogen-bond acceptors (Lipinski definition) is 6. The van der Waals surface area contributed by atoms with Crippen LogP contribution in [0.15, 0.2) is 41.3 Å². The molecule has 1 saturated heterocycles. The Labute approximate surface area is 174 Å². The highest BCUT2D eigenvalue weighted by Gasteiger charge is 2.29. The molecule has 1 heterocycles. The van der Waals surface area contributed by atoms with E-state index in [-0.39, 0.29) is 28.6 Å². The molecule has 10 heteroatoms. The fourth-order valence-electron chi connectivity index (χ4n) is 2.89. The molecule has 0 bridgehead atoms. The quantitative estimate of drug-likeness (QED) is 0.742. The molecule has 1 N–H and O–H groups in total. The number of sulfonamides is 1. The van der Waals surface area contributed by atoms with Gasteiger partial charge in [0.05, 0.1) is 32.5 Å². The topological polar surface area (TPSA) is 94.2 Å². The average molecular weight is 441 g/mol. The van der Waals surface area contributed by atoms with Crippen LogP contribution >= 0.6 is 11.6 Å². The van der Waals surface area contributed by atoms with E-state index in [0.29, 0.717) is 30.4 Å². The summed E-state index contributed by atoms with van der Waals surface area (Å²) in [6.45, 7) is 1.11. The van der Waals surface area contributed by atoms with Crippen molar-refractivity contribution in [2.24, 2.45) is 0 Å². The molecule has 1 aliphatic rings. The normalized spacial score (nSPS) is 15.0. The zero-order chi connectivity index (χ0) is 21.0. The number of anilines is 1. The van der Waals surface area contributed by atoms with E-state index in [1.807, 2.05) is 0 Å². The van der Waals surface area contributed by atoms with E-state index in [1.165, 1.54) is 36.7 Å². The first kappa shape index (κ1) is 21.4. The SMILES string of the molecule is COc1ccc(NC(=O)c2ccc(Cl)c(S(=O)(=O)N3CCOCC3)c2)cc1OC. The van der Waals surface area contributed by atoms with Crippen molar-refractivity contribution in [3.63, 3.8) is 0 Å². The molecule has 0 radical (unpaired) electrons. The second kappa shape index (κ2) is 9.00. The van der Waals surface area contributed by atoms with E-state index in [9.17, 15) is 13.2 Å². The molecule has 0 aromatic heterocycles. The Bertz CT molecular complexity index is 1010. The lowest BCUT2D eigenvalue weighted by Crippen LogP contribution is -2.40. The third kappa shape index (κ3) is 4.64. The minimum absolute atomic E-state index is 0.0548. The molecule has 1 aliphatic heterocycles. The number of methoxy groups -OCH3 is 2. The Morgan fingerprint density at radius 3 is 2.41 bits per heavy atom. The van der Waals surface area contributed by atoms with Crippen molar-refractivity contribution in [3.8, 4) is 11.5 Å². The zero-order valence-electron chi connectivity index (χ0n) is 16.0. The summed E-state index contributed by atoms with van der Waals surface area (Å²) >= 11 is 6.14. The molecule has 1 amide bonds. The Balaban J connectivity index is 1.86. The van der Waals surface area contributed by atoms with Crippen LogP contribution < -0.4 is 14.8 Å². The second-order valence-electron chi connectivity index (χ2n) is 6.19. The molecule has 0 aliphatic carbocycles. The number of benzene rings is 2. The molecule has 156 valence electrons. The number of halogens is 1. The van der Waals surface area contributed by atoms with Gasteiger partial charge in [-0.3, -0.25) is 4.79 Å². The summed E-state index contributed by atoms with van der Waals surface area (Å²) in [7, 11) is -0.831. The third-order valence-electron chi connectivity index (χ3n) is 4.42. The Morgan fingerprint density at radius 1 is 1.07 bits per heavy atom. The van der Waals surface area contributed by atoms with Crippen LogP contribution in [0.4, 0.5) is 5.69 Å². The Morgan fingerprint density at radius 2 is 1.76 bits per heavy atom. The molecule has 2 aromatic carbocycles. The molecular formula is C19H21ClN2O6S. The minimum Gasteiger partial charge on any atom is -0.493 e. The van der Waals surface area contributed by atoms with E-state index in [0.717, 1.165) is 0 Å². The smallest absolute Gasteiger partial charge is 0.255 e. The van der Waals surface area contributed by atoms with Gasteiger partial charge in [-0.25, -0.2) is 8.42 Å². The first-order valence-electron chi connectivity index (χ1n) is 8.77. The highest BCUT2D eigenvalue weighted by Crippen LogP contribution is 2.30. The van der Waals surface area contributed by atoms with Gasteiger partial charge in [0.2, 0.25) is 10.0 Å². The summed E-state index contributed by atoms with van der Waals surface area (Å²) in [6.07, 6.45) is 0. The van der Waals surface area contributed by atoms with Gasteiger partial charge in [-0.15, -0.1) is 0 Å². The maximum atomic E-state index is 12.9. The van der Waals surface area contributed by atoms with E-state index >= 15 is 0 Å². The van der Waals surface area contributed by atoms with Crippen LogP contribution in [0, 0.1) is 0 Å². The number of ether oxygens (including phenoxy) is 3. The molecule has 0 unspecified atom stereocenters. The Kier molecular flexibility index (Phi) is 6.63. The maximum absolute atomic E-state index is 12.9. The van der Waals surface area contributed by atoms with Gasteiger partial charge in [-0.2, -0.15) is 4.31 Å². The lowest BCUT2D eigenvalue weighted by molar-refractivity contribution is 0.0730. The van der Waals surface area contributed by atoms with Crippen molar-refractivity contribution in [1.29, 1.82) is 0 Å². The molecule has 29 heavy (non-hydrogen) atoms. The number of carbonyl (C=O) groups excluding carboxylic acids is 1. The van der Waals surface area contributed by atoms with Crippen LogP contribution in [0.1, 0.15) is 10.4 Å². The number of hydrogen-bond donors (Lipinski definition) is 1. The first-order chi connectivity index (χ1) is 13.9. The molecule has 8 nitrogen and oxygen atoms in total. The van der Waals surface area contributed by atoms with Crippen molar-refractivity contribution in [1.82, 2.24) is 4.31 Å². The van der Waals surface area contributed by atoms with Crippen molar-refractivity contribution < 1.29 is 27.4 Å². The van der Waals surface area contributed by atoms with Crippen LogP contribution in [0.2, 0.25) is 5.02 Å². The molecule has 0 saturated carbocycles. The molecule has 1 fully saturated rings. The summed E-state index contributed by atoms with van der Waals surface area (Å²) in [4.78, 5) is 12.6. The van der Waals surface area contributed by atoms with E-state index < -0.39 is 15.9 Å². The van der Waals surface area contributed by atoms with Crippen LogP contribution in [-0.4, -0.2) is 59.2 Å². The average Bonchev–Trinajstić information content (AvgIpc) is 2.74. The highest BCUT2D eigenvalue weighted by molar-refractivity contribution is 7.89. The minimum atomic E-state index is -3.84. The van der Waals surface area contributed by atoms with E-state index in [4.69, 9.17) is 25.8 Å². The largest absolute Gasteiger partial charge is 0.493 e. The number of carbonyl (C=O) groups is 1.